The maximum atomic E-state index is 11.3. The lowest BCUT2D eigenvalue weighted by atomic mass is 10.3. The number of anilines is 1. The van der Waals surface area contributed by atoms with Crippen LogP contribution in [0.5, 0.6) is 0 Å². The first-order chi connectivity index (χ1) is 8.47. The Morgan fingerprint density at radius 1 is 1.22 bits per heavy atom. The smallest absolute Gasteiger partial charge is 0.411 e. The van der Waals surface area contributed by atoms with Gasteiger partial charge in [0.25, 0.3) is 0 Å². The van der Waals surface area contributed by atoms with Gasteiger partial charge in [-0.25, -0.2) is 4.79 Å². The first kappa shape index (κ1) is 15.2. The molecule has 1 rings (SSSR count). The molecule has 0 radical (unpaired) electrons. The second kappa shape index (κ2) is 7.52. The monoisotopic (exact) mass is 307 g/mol. The number of allylic oxidation sites excluding steroid dienone is 1. The average molecular weight is 309 g/mol. The summed E-state index contributed by atoms with van der Waals surface area (Å²) < 4.78 is 3.58. The third kappa shape index (κ3) is 7.43. The summed E-state index contributed by atoms with van der Waals surface area (Å²) in [6, 6.07) is 9.02. The Hall–Kier alpha value is -0.900. The molecule has 0 atom stereocenters. The molecule has 0 aliphatic rings. The molecule has 6 heteroatoms. The zero-order valence-corrected chi connectivity index (χ0v) is 11.7. The van der Waals surface area contributed by atoms with Crippen LogP contribution in [-0.2, 0) is 4.74 Å². The number of nitrogens with one attached hydrogen (secondary N) is 1. The van der Waals surface area contributed by atoms with Crippen LogP contribution in [0.1, 0.15) is 6.42 Å². The Bertz CT molecular complexity index is 402. The van der Waals surface area contributed by atoms with Crippen molar-refractivity contribution < 1.29 is 9.53 Å². The summed E-state index contributed by atoms with van der Waals surface area (Å²) in [5.74, 6) is 0. The van der Waals surface area contributed by atoms with Crippen LogP contribution in [-0.4, -0.2) is 16.5 Å². The molecule has 3 nitrogen and oxygen atoms in total. The van der Waals surface area contributed by atoms with E-state index >= 15 is 0 Å². The summed E-state index contributed by atoms with van der Waals surface area (Å²) in [6.07, 6.45) is 3.00. The fourth-order valence-corrected chi connectivity index (χ4v) is 1.35. The predicted molar refractivity (Wildman–Crippen MR) is 75.5 cm³/mol. The normalized spacial score (nSPS) is 11.5. The molecule has 0 aromatic heterocycles. The molecular formula is C12H12Cl3NO2. The van der Waals surface area contributed by atoms with E-state index in [9.17, 15) is 4.79 Å². The summed E-state index contributed by atoms with van der Waals surface area (Å²) >= 11 is 16.6. The molecule has 0 spiro atoms. The van der Waals surface area contributed by atoms with Gasteiger partial charge in [-0.1, -0.05) is 65.2 Å². The zero-order valence-electron chi connectivity index (χ0n) is 9.41. The number of alkyl halides is 3. The first-order valence-electron chi connectivity index (χ1n) is 5.18. The van der Waals surface area contributed by atoms with Gasteiger partial charge in [0.05, 0.1) is 0 Å². The molecule has 18 heavy (non-hydrogen) atoms. The minimum atomic E-state index is -1.32. The number of carbonyl (C=O) groups excluding carboxylic acids is 1. The van der Waals surface area contributed by atoms with Crippen LogP contribution < -0.4 is 5.32 Å². The van der Waals surface area contributed by atoms with E-state index in [0.29, 0.717) is 5.69 Å². The van der Waals surface area contributed by atoms with Crippen molar-refractivity contribution in [3.8, 4) is 0 Å². The highest BCUT2D eigenvalue weighted by Crippen LogP contribution is 2.30. The molecule has 0 fully saturated rings. The molecule has 0 saturated heterocycles. The quantitative estimate of drug-likeness (QED) is 0.654. The van der Waals surface area contributed by atoms with E-state index < -0.39 is 9.89 Å². The van der Waals surface area contributed by atoms with Crippen LogP contribution in [0.4, 0.5) is 10.5 Å². The first-order valence-corrected chi connectivity index (χ1v) is 6.31. The van der Waals surface area contributed by atoms with Crippen LogP contribution in [0.3, 0.4) is 0 Å². The van der Waals surface area contributed by atoms with Crippen molar-refractivity contribution in [2.45, 2.75) is 10.2 Å². The van der Waals surface area contributed by atoms with Crippen LogP contribution in [0.25, 0.3) is 0 Å². The van der Waals surface area contributed by atoms with Crippen LogP contribution >= 0.6 is 34.8 Å². The molecule has 0 aliphatic carbocycles. The van der Waals surface area contributed by atoms with E-state index in [1.807, 2.05) is 18.2 Å². The lowest BCUT2D eigenvalue weighted by Crippen LogP contribution is -2.13. The van der Waals surface area contributed by atoms with E-state index in [1.165, 1.54) is 0 Å². The minimum Gasteiger partial charge on any atom is -0.445 e. The molecule has 0 aliphatic heterocycles. The lowest BCUT2D eigenvalue weighted by molar-refractivity contribution is 0.174. The highest BCUT2D eigenvalue weighted by molar-refractivity contribution is 6.67. The Morgan fingerprint density at radius 3 is 2.50 bits per heavy atom. The number of carbonyl (C=O) groups is 1. The number of para-hydroxylation sites is 1. The van der Waals surface area contributed by atoms with Crippen molar-refractivity contribution >= 4 is 46.6 Å². The number of hydrogen-bond acceptors (Lipinski definition) is 2. The van der Waals surface area contributed by atoms with Crippen LogP contribution in [0.15, 0.2) is 42.5 Å². The van der Waals surface area contributed by atoms with E-state index in [-0.39, 0.29) is 13.0 Å². The highest BCUT2D eigenvalue weighted by atomic mass is 35.6. The third-order valence-corrected chi connectivity index (χ3v) is 2.31. The van der Waals surface area contributed by atoms with Gasteiger partial charge < -0.3 is 4.74 Å². The van der Waals surface area contributed by atoms with Crippen molar-refractivity contribution in [3.63, 3.8) is 0 Å². The number of benzene rings is 1. The number of amides is 1. The van der Waals surface area contributed by atoms with Gasteiger partial charge >= 0.3 is 6.09 Å². The van der Waals surface area contributed by atoms with Crippen molar-refractivity contribution in [2.75, 3.05) is 11.9 Å². The van der Waals surface area contributed by atoms with E-state index in [4.69, 9.17) is 39.5 Å². The summed E-state index contributed by atoms with van der Waals surface area (Å²) in [4.78, 5) is 11.3. The lowest BCUT2D eigenvalue weighted by Gasteiger charge is -2.06. The van der Waals surface area contributed by atoms with Gasteiger partial charge in [0.1, 0.15) is 6.61 Å². The summed E-state index contributed by atoms with van der Waals surface area (Å²) in [5, 5.41) is 2.58. The Morgan fingerprint density at radius 2 is 1.89 bits per heavy atom. The van der Waals surface area contributed by atoms with Gasteiger partial charge in [0, 0.05) is 12.1 Å². The topological polar surface area (TPSA) is 38.3 Å². The number of rotatable bonds is 4. The van der Waals surface area contributed by atoms with E-state index in [1.54, 1.807) is 24.3 Å². The molecule has 1 amide bonds. The van der Waals surface area contributed by atoms with Crippen molar-refractivity contribution in [2.24, 2.45) is 0 Å². The van der Waals surface area contributed by atoms with Crippen molar-refractivity contribution in [3.05, 3.63) is 42.5 Å². The highest BCUT2D eigenvalue weighted by Gasteiger charge is 2.16. The standard InChI is InChI=1S/C12H12Cl3NO2/c13-12(14,15)8-4-5-9-18-11(17)16-10-6-2-1-3-7-10/h1-7H,8-9H2,(H,16,17). The summed E-state index contributed by atoms with van der Waals surface area (Å²) in [5.41, 5.74) is 0.674. The number of ether oxygens (including phenoxy) is 1. The predicted octanol–water partition coefficient (Wildman–Crippen LogP) is 4.55. The molecule has 0 heterocycles. The van der Waals surface area contributed by atoms with Gasteiger partial charge in [0.15, 0.2) is 3.79 Å². The molecule has 0 saturated carbocycles. The summed E-state index contributed by atoms with van der Waals surface area (Å²) in [7, 11) is 0. The van der Waals surface area contributed by atoms with Gasteiger partial charge in [-0.15, -0.1) is 0 Å². The van der Waals surface area contributed by atoms with E-state index in [0.717, 1.165) is 0 Å². The maximum absolute atomic E-state index is 11.3. The van der Waals surface area contributed by atoms with Gasteiger partial charge in [0.2, 0.25) is 0 Å². The van der Waals surface area contributed by atoms with Crippen molar-refractivity contribution in [1.82, 2.24) is 0 Å². The van der Waals surface area contributed by atoms with E-state index in [2.05, 4.69) is 5.32 Å². The number of halogens is 3. The zero-order chi connectivity index (χ0) is 13.4. The fourth-order valence-electron chi connectivity index (χ4n) is 1.08. The fraction of sp³-hybridized carbons (Fsp3) is 0.250. The molecule has 1 N–H and O–H groups in total. The van der Waals surface area contributed by atoms with Crippen molar-refractivity contribution in [1.29, 1.82) is 0 Å². The third-order valence-electron chi connectivity index (χ3n) is 1.85. The Balaban J connectivity index is 2.22. The second-order valence-electron chi connectivity index (χ2n) is 3.38. The van der Waals surface area contributed by atoms with Gasteiger partial charge in [-0.2, -0.15) is 0 Å². The molecule has 0 unspecified atom stereocenters. The molecule has 1 aromatic rings. The SMILES string of the molecule is O=C(Nc1ccccc1)OCC=CCC(Cl)(Cl)Cl. The molecule has 98 valence electrons. The Kier molecular flexibility index (Phi) is 6.33. The molecule has 1 aromatic carbocycles. The minimum absolute atomic E-state index is 0.124. The van der Waals surface area contributed by atoms with Crippen LogP contribution in [0.2, 0.25) is 0 Å². The average Bonchev–Trinajstić information content (AvgIpc) is 2.28. The Labute approximate surface area is 121 Å². The molecular weight excluding hydrogens is 296 g/mol. The maximum Gasteiger partial charge on any atom is 0.411 e. The number of hydrogen-bond donors (Lipinski definition) is 1. The molecule has 0 bridgehead atoms. The van der Waals surface area contributed by atoms with Crippen LogP contribution in [0, 0.1) is 0 Å². The second-order valence-corrected chi connectivity index (χ2v) is 5.90. The van der Waals surface area contributed by atoms with Gasteiger partial charge in [-0.3, -0.25) is 5.32 Å². The largest absolute Gasteiger partial charge is 0.445 e. The van der Waals surface area contributed by atoms with Gasteiger partial charge in [-0.05, 0) is 12.1 Å². The summed E-state index contributed by atoms with van der Waals surface area (Å²) in [6.45, 7) is 0.124.